The minimum atomic E-state index is -0.257. The molecule has 1 heterocycles. The number of fused-ring (bicyclic) bond motifs is 1. The van der Waals surface area contributed by atoms with Crippen molar-refractivity contribution in [3.8, 4) is 11.1 Å². The highest BCUT2D eigenvalue weighted by atomic mass is 19.1. The number of nitrogens with zero attached hydrogens (tertiary/aromatic N) is 1. The van der Waals surface area contributed by atoms with Gasteiger partial charge in [-0.2, -0.15) is 0 Å². The van der Waals surface area contributed by atoms with Gasteiger partial charge in [-0.3, -0.25) is 9.78 Å². The summed E-state index contributed by atoms with van der Waals surface area (Å²) in [7, 11) is 0. The van der Waals surface area contributed by atoms with Gasteiger partial charge in [-0.25, -0.2) is 4.39 Å². The van der Waals surface area contributed by atoms with Crippen LogP contribution in [-0.4, -0.2) is 16.8 Å². The van der Waals surface area contributed by atoms with E-state index < -0.39 is 0 Å². The van der Waals surface area contributed by atoms with Crippen LogP contribution in [-0.2, 0) is 4.79 Å². The van der Waals surface area contributed by atoms with Gasteiger partial charge in [-0.05, 0) is 49.9 Å². The van der Waals surface area contributed by atoms with Crippen molar-refractivity contribution in [2.75, 3.05) is 0 Å². The van der Waals surface area contributed by atoms with Crippen LogP contribution in [0.2, 0.25) is 0 Å². The largest absolute Gasteiger partial charge is 0.324 e. The zero-order chi connectivity index (χ0) is 22.0. The summed E-state index contributed by atoms with van der Waals surface area (Å²) < 4.78 is 13.6. The molecule has 0 bridgehead atoms. The second kappa shape index (κ2) is 8.94. The van der Waals surface area contributed by atoms with Gasteiger partial charge in [0.2, 0.25) is 0 Å². The van der Waals surface area contributed by atoms with E-state index in [-0.39, 0.29) is 17.6 Å². The number of rotatable bonds is 8. The molecule has 0 radical (unpaired) electrons. The van der Waals surface area contributed by atoms with Crippen LogP contribution < -0.4 is 5.73 Å². The average molecular weight is 415 g/mol. The van der Waals surface area contributed by atoms with Crippen molar-refractivity contribution in [1.29, 1.82) is 0 Å². The highest BCUT2D eigenvalue weighted by molar-refractivity contribution is 5.99. The molecule has 1 atom stereocenters. The number of hydrogen-bond acceptors (Lipinski definition) is 3. The molecule has 3 nitrogen and oxygen atoms in total. The molecule has 4 rings (SSSR count). The summed E-state index contributed by atoms with van der Waals surface area (Å²) in [6.45, 7) is 5.54. The molecule has 2 N–H and O–H groups in total. The van der Waals surface area contributed by atoms with Crippen molar-refractivity contribution in [2.45, 2.75) is 44.6 Å². The first-order chi connectivity index (χ1) is 14.9. The Kier molecular flexibility index (Phi) is 6.10. The Morgan fingerprint density at radius 1 is 1.23 bits per heavy atom. The van der Waals surface area contributed by atoms with E-state index in [1.807, 2.05) is 36.4 Å². The molecule has 31 heavy (non-hydrogen) atoms. The van der Waals surface area contributed by atoms with Crippen molar-refractivity contribution in [3.05, 3.63) is 83.8 Å². The lowest BCUT2D eigenvalue weighted by molar-refractivity contribution is -0.116. The van der Waals surface area contributed by atoms with Crippen LogP contribution in [0.1, 0.15) is 49.8 Å². The number of ketones is 1. The molecule has 1 saturated carbocycles. The standard InChI is InChI=1S/C27H27FN2O/c1-17(15-18(2)31)16-22(29)13-14-24-26(19-9-11-21(28)12-10-19)23-5-3-4-6-25(23)30-27(24)20-7-8-20/h3-6,9-14,20,22H,1,7-8,15-16,29H2,2H3/b14-13+/t22-/m1/s1. The van der Waals surface area contributed by atoms with Crippen molar-refractivity contribution >= 4 is 22.8 Å². The van der Waals surface area contributed by atoms with E-state index in [0.717, 1.165) is 51.7 Å². The maximum absolute atomic E-state index is 13.6. The van der Waals surface area contributed by atoms with Crippen molar-refractivity contribution in [3.63, 3.8) is 0 Å². The third-order valence-corrected chi connectivity index (χ3v) is 5.59. The highest BCUT2D eigenvalue weighted by Crippen LogP contribution is 2.45. The van der Waals surface area contributed by atoms with E-state index in [4.69, 9.17) is 10.7 Å². The summed E-state index contributed by atoms with van der Waals surface area (Å²) >= 11 is 0. The van der Waals surface area contributed by atoms with E-state index in [1.54, 1.807) is 6.92 Å². The molecule has 2 aromatic carbocycles. The Morgan fingerprint density at radius 2 is 1.94 bits per heavy atom. The number of aromatic nitrogens is 1. The van der Waals surface area contributed by atoms with Gasteiger partial charge in [0.25, 0.3) is 0 Å². The Bertz CT molecular complexity index is 1160. The minimum Gasteiger partial charge on any atom is -0.324 e. The first-order valence-electron chi connectivity index (χ1n) is 10.7. The number of carbonyl (C=O) groups is 1. The molecule has 0 unspecified atom stereocenters. The maximum atomic E-state index is 13.6. The molecule has 0 aliphatic heterocycles. The zero-order valence-electron chi connectivity index (χ0n) is 17.8. The van der Waals surface area contributed by atoms with Gasteiger partial charge in [0, 0.05) is 34.9 Å². The third-order valence-electron chi connectivity index (χ3n) is 5.59. The van der Waals surface area contributed by atoms with E-state index in [2.05, 4.69) is 18.7 Å². The molecule has 0 spiro atoms. The Labute approximate surface area is 182 Å². The molecule has 1 fully saturated rings. The lowest BCUT2D eigenvalue weighted by Gasteiger charge is -2.16. The average Bonchev–Trinajstić information content (AvgIpc) is 3.56. The Hall–Kier alpha value is -3.11. The normalized spacial score (nSPS) is 14.8. The lowest BCUT2D eigenvalue weighted by atomic mass is 9.92. The van der Waals surface area contributed by atoms with Gasteiger partial charge in [0.05, 0.1) is 11.2 Å². The number of para-hydroxylation sites is 1. The predicted molar refractivity (Wildman–Crippen MR) is 125 cm³/mol. The fourth-order valence-electron chi connectivity index (χ4n) is 4.06. The van der Waals surface area contributed by atoms with E-state index in [0.29, 0.717) is 18.8 Å². The number of pyridine rings is 1. The van der Waals surface area contributed by atoms with Crippen LogP contribution in [0.5, 0.6) is 0 Å². The lowest BCUT2D eigenvalue weighted by Crippen LogP contribution is -2.17. The third kappa shape index (κ3) is 4.97. The molecule has 1 aliphatic rings. The van der Waals surface area contributed by atoms with Crippen LogP contribution in [0.4, 0.5) is 4.39 Å². The topological polar surface area (TPSA) is 56.0 Å². The van der Waals surface area contributed by atoms with Crippen LogP contribution in [0.3, 0.4) is 0 Å². The van der Waals surface area contributed by atoms with Gasteiger partial charge in [-0.1, -0.05) is 54.6 Å². The van der Waals surface area contributed by atoms with Crippen LogP contribution in [0.15, 0.2) is 66.8 Å². The van der Waals surface area contributed by atoms with Gasteiger partial charge >= 0.3 is 0 Å². The molecular formula is C27H27FN2O. The fourth-order valence-corrected chi connectivity index (χ4v) is 4.06. The van der Waals surface area contributed by atoms with Crippen LogP contribution in [0.25, 0.3) is 28.1 Å². The molecule has 3 aromatic rings. The first kappa shape index (κ1) is 21.1. The summed E-state index contributed by atoms with van der Waals surface area (Å²) in [5.41, 5.74) is 12.2. The number of hydrogen-bond donors (Lipinski definition) is 1. The van der Waals surface area contributed by atoms with Crippen molar-refractivity contribution < 1.29 is 9.18 Å². The maximum Gasteiger partial charge on any atom is 0.133 e. The molecular weight excluding hydrogens is 387 g/mol. The number of Topliss-reactive ketones (excluding diaryl/α,β-unsaturated/α-hetero) is 1. The molecule has 1 aliphatic carbocycles. The first-order valence-corrected chi connectivity index (χ1v) is 10.7. The quantitative estimate of drug-likeness (QED) is 0.448. The smallest absolute Gasteiger partial charge is 0.133 e. The molecule has 0 amide bonds. The summed E-state index contributed by atoms with van der Waals surface area (Å²) in [5, 5.41) is 1.03. The van der Waals surface area contributed by atoms with Crippen LogP contribution in [0, 0.1) is 5.82 Å². The number of benzene rings is 2. The summed E-state index contributed by atoms with van der Waals surface area (Å²) in [4.78, 5) is 16.3. The molecule has 0 saturated heterocycles. The van der Waals surface area contributed by atoms with E-state index in [9.17, 15) is 9.18 Å². The number of nitrogens with two attached hydrogens (primary N) is 1. The second-order valence-electron chi connectivity index (χ2n) is 8.44. The van der Waals surface area contributed by atoms with Crippen molar-refractivity contribution in [1.82, 2.24) is 4.98 Å². The summed E-state index contributed by atoms with van der Waals surface area (Å²) in [5.74, 6) is 0.273. The molecule has 4 heteroatoms. The number of carbonyl (C=O) groups excluding carboxylic acids is 1. The van der Waals surface area contributed by atoms with Crippen molar-refractivity contribution in [2.24, 2.45) is 5.73 Å². The van der Waals surface area contributed by atoms with Gasteiger partial charge in [0.1, 0.15) is 11.6 Å². The number of halogens is 1. The second-order valence-corrected chi connectivity index (χ2v) is 8.44. The fraction of sp³-hybridized carbons (Fsp3) is 0.259. The van der Waals surface area contributed by atoms with E-state index in [1.165, 1.54) is 12.1 Å². The Morgan fingerprint density at radius 3 is 2.61 bits per heavy atom. The minimum absolute atomic E-state index is 0.0922. The predicted octanol–water partition coefficient (Wildman–Crippen LogP) is 6.18. The summed E-state index contributed by atoms with van der Waals surface area (Å²) in [6.07, 6.45) is 7.18. The van der Waals surface area contributed by atoms with Gasteiger partial charge < -0.3 is 5.73 Å². The van der Waals surface area contributed by atoms with Gasteiger partial charge in [-0.15, -0.1) is 0 Å². The molecule has 1 aromatic heterocycles. The van der Waals surface area contributed by atoms with Gasteiger partial charge in [0.15, 0.2) is 0 Å². The summed E-state index contributed by atoms with van der Waals surface area (Å²) in [6, 6.07) is 14.5. The zero-order valence-corrected chi connectivity index (χ0v) is 17.8. The SMILES string of the molecule is C=C(CC(C)=O)C[C@H](N)/C=C/c1c(C2CC2)nc2ccccc2c1-c1ccc(F)cc1. The highest BCUT2D eigenvalue weighted by Gasteiger charge is 2.29. The Balaban J connectivity index is 1.80. The molecule has 158 valence electrons. The van der Waals surface area contributed by atoms with Crippen LogP contribution >= 0.6 is 0 Å². The van der Waals surface area contributed by atoms with E-state index >= 15 is 0 Å². The monoisotopic (exact) mass is 414 g/mol.